The maximum absolute atomic E-state index is 11.0. The third-order valence-corrected chi connectivity index (χ3v) is 3.66. The van der Waals surface area contributed by atoms with Gasteiger partial charge in [0.2, 0.25) is 11.3 Å². The van der Waals surface area contributed by atoms with E-state index in [9.17, 15) is 4.21 Å². The van der Waals surface area contributed by atoms with Crippen molar-refractivity contribution in [2.45, 2.75) is 46.1 Å². The molecule has 0 saturated heterocycles. The summed E-state index contributed by atoms with van der Waals surface area (Å²) in [5.74, 6) is 0.702. The number of hydrogen-bond donors (Lipinski definition) is 3. The fraction of sp³-hybridized carbons (Fsp3) is 0.667. The van der Waals surface area contributed by atoms with Crippen molar-refractivity contribution >= 4 is 16.9 Å². The maximum atomic E-state index is 11.0. The van der Waals surface area contributed by atoms with Crippen LogP contribution in [0.25, 0.3) is 5.65 Å². The Hall–Kier alpha value is -1.25. The second-order valence-electron chi connectivity index (χ2n) is 6.26. The molecule has 0 aliphatic carbocycles. The van der Waals surface area contributed by atoms with E-state index in [1.165, 1.54) is 0 Å². The third-order valence-electron chi connectivity index (χ3n) is 3.20. The zero-order chi connectivity index (χ0) is 15.1. The molecule has 2 rings (SSSR count). The van der Waals surface area contributed by atoms with Crippen molar-refractivity contribution in [1.82, 2.24) is 24.5 Å². The minimum Gasteiger partial charge on any atom is -0.295 e. The van der Waals surface area contributed by atoms with Gasteiger partial charge in [-0.3, -0.25) is 9.65 Å². The Bertz CT molecular complexity index is 625. The van der Waals surface area contributed by atoms with Crippen LogP contribution in [0.5, 0.6) is 0 Å². The molecule has 2 unspecified atom stereocenters. The zero-order valence-electron chi connectivity index (χ0n) is 12.3. The summed E-state index contributed by atoms with van der Waals surface area (Å²) >= 11 is -2.10. The van der Waals surface area contributed by atoms with Gasteiger partial charge >= 0.3 is 0 Å². The van der Waals surface area contributed by atoms with E-state index in [1.54, 1.807) is 4.52 Å². The van der Waals surface area contributed by atoms with E-state index in [0.717, 1.165) is 5.69 Å². The van der Waals surface area contributed by atoms with Crippen molar-refractivity contribution in [2.24, 2.45) is 5.92 Å². The minimum atomic E-state index is -2.10. The summed E-state index contributed by atoms with van der Waals surface area (Å²) in [5.41, 5.74) is 1.72. The molecule has 2 aromatic heterocycles. The van der Waals surface area contributed by atoms with E-state index >= 15 is 0 Å². The average Bonchev–Trinajstić information content (AvgIpc) is 2.83. The van der Waals surface area contributed by atoms with Crippen LogP contribution in [0.2, 0.25) is 0 Å². The standard InChI is InChI=1S/C12H21N5O2S/c1-7(2)10(16-20(18)19)11-14-13-9-6-8(12(3,4)5)15-17(9)11/h6-7,10,15-16H,1-5H3,(H,18,19). The molecule has 2 aromatic rings. The summed E-state index contributed by atoms with van der Waals surface area (Å²) < 4.78 is 24.5. The van der Waals surface area contributed by atoms with Crippen LogP contribution in [0.15, 0.2) is 6.07 Å². The van der Waals surface area contributed by atoms with Crippen molar-refractivity contribution in [2.75, 3.05) is 0 Å². The predicted molar refractivity (Wildman–Crippen MR) is 77.5 cm³/mol. The van der Waals surface area contributed by atoms with E-state index in [0.29, 0.717) is 11.5 Å². The molecule has 3 N–H and O–H groups in total. The van der Waals surface area contributed by atoms with E-state index in [1.807, 2.05) is 19.9 Å². The number of nitrogens with one attached hydrogen (secondary N) is 2. The van der Waals surface area contributed by atoms with Gasteiger partial charge in [-0.1, -0.05) is 34.6 Å². The van der Waals surface area contributed by atoms with Crippen molar-refractivity contribution in [3.8, 4) is 0 Å². The van der Waals surface area contributed by atoms with Gasteiger partial charge in [0.05, 0.1) is 6.04 Å². The molecule has 20 heavy (non-hydrogen) atoms. The predicted octanol–water partition coefficient (Wildman–Crippen LogP) is 1.78. The van der Waals surface area contributed by atoms with Gasteiger partial charge < -0.3 is 0 Å². The smallest absolute Gasteiger partial charge is 0.232 e. The highest BCUT2D eigenvalue weighted by Crippen LogP contribution is 2.25. The second-order valence-corrected chi connectivity index (χ2v) is 6.99. The van der Waals surface area contributed by atoms with Gasteiger partial charge in [0.1, 0.15) is 0 Å². The molecule has 0 aliphatic rings. The largest absolute Gasteiger partial charge is 0.295 e. The summed E-state index contributed by atoms with van der Waals surface area (Å²) in [7, 11) is 0. The van der Waals surface area contributed by atoms with Crippen LogP contribution in [0.1, 0.15) is 52.2 Å². The summed E-state index contributed by atoms with van der Waals surface area (Å²) in [6, 6.07) is 1.59. The Morgan fingerprint density at radius 3 is 2.55 bits per heavy atom. The maximum Gasteiger partial charge on any atom is 0.232 e. The summed E-state index contributed by atoms with van der Waals surface area (Å²) in [6.45, 7) is 10.2. The van der Waals surface area contributed by atoms with Gasteiger partial charge in [-0.2, -0.15) is 0 Å². The Kier molecular flexibility index (Phi) is 3.99. The lowest BCUT2D eigenvalue weighted by molar-refractivity contribution is 0.428. The van der Waals surface area contributed by atoms with Crippen molar-refractivity contribution in [1.29, 1.82) is 0 Å². The molecule has 0 radical (unpaired) electrons. The number of H-pyrrole nitrogens is 1. The van der Waals surface area contributed by atoms with Crippen molar-refractivity contribution in [3.05, 3.63) is 17.6 Å². The fourth-order valence-corrected chi connectivity index (χ4v) is 2.57. The highest BCUT2D eigenvalue weighted by molar-refractivity contribution is 7.77. The number of hydrogen-bond acceptors (Lipinski definition) is 3. The Morgan fingerprint density at radius 2 is 2.05 bits per heavy atom. The number of aromatic amines is 1. The monoisotopic (exact) mass is 299 g/mol. The number of fused-ring (bicyclic) bond motifs is 1. The SMILES string of the molecule is CC(C)C(NS(=O)O)c1nnc2cc(C(C)(C)C)[nH]n12. The number of rotatable bonds is 4. The molecule has 112 valence electrons. The Labute approximate surface area is 120 Å². The van der Waals surface area contributed by atoms with Crippen LogP contribution < -0.4 is 4.72 Å². The number of aromatic nitrogens is 4. The molecule has 2 heterocycles. The van der Waals surface area contributed by atoms with Gasteiger partial charge in [0, 0.05) is 17.2 Å². The topological polar surface area (TPSA) is 95.3 Å². The molecule has 7 nitrogen and oxygen atoms in total. The summed E-state index contributed by atoms with van der Waals surface area (Å²) in [6.07, 6.45) is 0. The molecule has 0 aliphatic heterocycles. The molecule has 0 saturated carbocycles. The van der Waals surface area contributed by atoms with E-state index < -0.39 is 11.3 Å². The fourth-order valence-electron chi connectivity index (χ4n) is 1.98. The molecule has 8 heteroatoms. The number of nitrogens with zero attached hydrogens (tertiary/aromatic N) is 3. The van der Waals surface area contributed by atoms with Crippen LogP contribution >= 0.6 is 0 Å². The normalized spacial score (nSPS) is 15.9. The Morgan fingerprint density at radius 1 is 1.40 bits per heavy atom. The van der Waals surface area contributed by atoms with Gasteiger partial charge in [0.15, 0.2) is 11.5 Å². The molecule has 0 amide bonds. The van der Waals surface area contributed by atoms with Gasteiger partial charge in [-0.05, 0) is 5.92 Å². The molecule has 0 bridgehead atoms. The molecule has 2 atom stereocenters. The zero-order valence-corrected chi connectivity index (χ0v) is 13.2. The second kappa shape index (κ2) is 5.27. The van der Waals surface area contributed by atoms with Gasteiger partial charge in [-0.15, -0.1) is 10.2 Å². The first-order valence-electron chi connectivity index (χ1n) is 6.51. The minimum absolute atomic E-state index is 0.0292. The van der Waals surface area contributed by atoms with Crippen LogP contribution in [-0.2, 0) is 16.7 Å². The van der Waals surface area contributed by atoms with Crippen LogP contribution in [0.3, 0.4) is 0 Å². The molecule has 0 spiro atoms. The first-order valence-corrected chi connectivity index (χ1v) is 7.62. The van der Waals surface area contributed by atoms with Gasteiger partial charge in [0.25, 0.3) is 0 Å². The van der Waals surface area contributed by atoms with Crippen LogP contribution in [0.4, 0.5) is 0 Å². The summed E-state index contributed by atoms with van der Waals surface area (Å²) in [5, 5.41) is 11.5. The molecule has 0 fully saturated rings. The lowest BCUT2D eigenvalue weighted by Crippen LogP contribution is -2.29. The average molecular weight is 299 g/mol. The van der Waals surface area contributed by atoms with Crippen LogP contribution in [0, 0.1) is 5.92 Å². The first-order chi connectivity index (χ1) is 9.20. The van der Waals surface area contributed by atoms with E-state index in [4.69, 9.17) is 4.55 Å². The Balaban J connectivity index is 2.47. The molecular formula is C12H21N5O2S. The first kappa shape index (κ1) is 15.1. The van der Waals surface area contributed by atoms with Crippen LogP contribution in [-0.4, -0.2) is 28.6 Å². The molecular weight excluding hydrogens is 278 g/mol. The van der Waals surface area contributed by atoms with Gasteiger partial charge in [-0.25, -0.2) is 13.4 Å². The quantitative estimate of drug-likeness (QED) is 0.750. The highest BCUT2D eigenvalue weighted by atomic mass is 32.2. The van der Waals surface area contributed by atoms with Crippen molar-refractivity contribution < 1.29 is 8.76 Å². The van der Waals surface area contributed by atoms with E-state index in [2.05, 4.69) is 40.8 Å². The lowest BCUT2D eigenvalue weighted by atomic mass is 9.93. The molecule has 0 aromatic carbocycles. The third kappa shape index (κ3) is 2.92. The van der Waals surface area contributed by atoms with Crippen molar-refractivity contribution in [3.63, 3.8) is 0 Å². The lowest BCUT2D eigenvalue weighted by Gasteiger charge is -2.18. The summed E-state index contributed by atoms with van der Waals surface area (Å²) in [4.78, 5) is 0. The van der Waals surface area contributed by atoms with E-state index in [-0.39, 0.29) is 17.4 Å². The highest BCUT2D eigenvalue weighted by Gasteiger charge is 2.25.